The summed E-state index contributed by atoms with van der Waals surface area (Å²) in [6.07, 6.45) is 3.04. The van der Waals surface area contributed by atoms with Gasteiger partial charge in [-0.05, 0) is 18.7 Å². The van der Waals surface area contributed by atoms with Crippen molar-refractivity contribution in [3.63, 3.8) is 0 Å². The van der Waals surface area contributed by atoms with E-state index in [0.29, 0.717) is 5.69 Å². The summed E-state index contributed by atoms with van der Waals surface area (Å²) < 4.78 is 0. The molecule has 1 atom stereocenters. The third kappa shape index (κ3) is 3.73. The van der Waals surface area contributed by atoms with Crippen molar-refractivity contribution in [2.75, 3.05) is 16.8 Å². The zero-order valence-corrected chi connectivity index (χ0v) is 10.3. The highest BCUT2D eigenvalue weighted by atomic mass is 32.2. The lowest BCUT2D eigenvalue weighted by molar-refractivity contribution is 0.0698. The predicted octanol–water partition coefficient (Wildman–Crippen LogP) is 2.33. The van der Waals surface area contributed by atoms with Crippen LogP contribution in [0.1, 0.15) is 24.2 Å². The first-order valence-electron chi connectivity index (χ1n) is 5.16. The molecule has 1 unspecified atom stereocenters. The molecule has 16 heavy (non-hydrogen) atoms. The molecular weight excluding hydrogens is 224 g/mol. The summed E-state index contributed by atoms with van der Waals surface area (Å²) in [5, 5.41) is 12.1. The molecule has 0 amide bonds. The number of hydrogen-bond acceptors (Lipinski definition) is 4. The van der Waals surface area contributed by atoms with E-state index in [1.807, 2.05) is 18.7 Å². The molecule has 0 aliphatic carbocycles. The number of carbonyl (C=O) groups is 1. The largest absolute Gasteiger partial charge is 0.478 e. The van der Waals surface area contributed by atoms with Gasteiger partial charge in [-0.15, -0.1) is 0 Å². The monoisotopic (exact) mass is 240 g/mol. The van der Waals surface area contributed by atoms with E-state index in [-0.39, 0.29) is 11.6 Å². The molecule has 0 aliphatic rings. The smallest absolute Gasteiger partial charge is 0.337 e. The molecule has 0 aliphatic heterocycles. The van der Waals surface area contributed by atoms with Crippen LogP contribution in [-0.4, -0.2) is 33.6 Å². The van der Waals surface area contributed by atoms with E-state index in [0.717, 1.165) is 11.5 Å². The molecule has 4 nitrogen and oxygen atoms in total. The number of hydrogen-bond donors (Lipinski definition) is 2. The molecule has 2 N–H and O–H groups in total. The second-order valence-corrected chi connectivity index (χ2v) is 4.75. The number of rotatable bonds is 6. The van der Waals surface area contributed by atoms with E-state index in [9.17, 15) is 4.79 Å². The number of aromatic carboxylic acids is 1. The summed E-state index contributed by atoms with van der Waals surface area (Å²) in [7, 11) is 0. The van der Waals surface area contributed by atoms with Crippen molar-refractivity contribution >= 4 is 23.4 Å². The first-order chi connectivity index (χ1) is 7.65. The van der Waals surface area contributed by atoms with E-state index in [2.05, 4.69) is 17.2 Å². The molecule has 0 saturated heterocycles. The van der Waals surface area contributed by atoms with Crippen molar-refractivity contribution < 1.29 is 9.90 Å². The van der Waals surface area contributed by atoms with Crippen LogP contribution in [-0.2, 0) is 0 Å². The van der Waals surface area contributed by atoms with Crippen LogP contribution >= 0.6 is 11.8 Å². The predicted molar refractivity (Wildman–Crippen MR) is 67.3 cm³/mol. The standard InChI is InChI=1S/C11H16N2O2S/c1-3-16-7-8(2)13-10-6-12-5-4-9(10)11(14)15/h4-6,8,13H,3,7H2,1-2H3,(H,14,15). The summed E-state index contributed by atoms with van der Waals surface area (Å²) in [6.45, 7) is 4.13. The van der Waals surface area contributed by atoms with E-state index >= 15 is 0 Å². The van der Waals surface area contributed by atoms with Crippen LogP contribution in [0.3, 0.4) is 0 Å². The quantitative estimate of drug-likeness (QED) is 0.799. The minimum Gasteiger partial charge on any atom is -0.478 e. The number of carboxylic acids is 1. The van der Waals surface area contributed by atoms with Gasteiger partial charge in [0.1, 0.15) is 0 Å². The minimum atomic E-state index is -0.930. The second kappa shape index (κ2) is 6.37. The Morgan fingerprint density at radius 1 is 1.69 bits per heavy atom. The molecule has 1 rings (SSSR count). The Labute approximate surface area is 99.5 Å². The molecule has 88 valence electrons. The van der Waals surface area contributed by atoms with Crippen LogP contribution in [0.15, 0.2) is 18.5 Å². The van der Waals surface area contributed by atoms with Gasteiger partial charge in [-0.3, -0.25) is 4.98 Å². The van der Waals surface area contributed by atoms with Crippen molar-refractivity contribution in [3.05, 3.63) is 24.0 Å². The average Bonchev–Trinajstić information content (AvgIpc) is 2.27. The van der Waals surface area contributed by atoms with E-state index in [1.165, 1.54) is 12.3 Å². The Hall–Kier alpha value is -1.23. The van der Waals surface area contributed by atoms with Crippen molar-refractivity contribution in [1.82, 2.24) is 4.98 Å². The van der Waals surface area contributed by atoms with Gasteiger partial charge < -0.3 is 10.4 Å². The van der Waals surface area contributed by atoms with Crippen LogP contribution < -0.4 is 5.32 Å². The third-order valence-electron chi connectivity index (χ3n) is 2.03. The van der Waals surface area contributed by atoms with Crippen LogP contribution in [0.2, 0.25) is 0 Å². The van der Waals surface area contributed by atoms with Gasteiger partial charge in [0.25, 0.3) is 0 Å². The summed E-state index contributed by atoms with van der Waals surface area (Å²) in [5.74, 6) is 1.08. The van der Waals surface area contributed by atoms with Crippen molar-refractivity contribution in [2.45, 2.75) is 19.9 Å². The highest BCUT2D eigenvalue weighted by molar-refractivity contribution is 7.99. The maximum Gasteiger partial charge on any atom is 0.337 e. The van der Waals surface area contributed by atoms with Gasteiger partial charge in [0.2, 0.25) is 0 Å². The minimum absolute atomic E-state index is 0.229. The summed E-state index contributed by atoms with van der Waals surface area (Å²) in [4.78, 5) is 14.9. The Bertz CT molecular complexity index is 358. The van der Waals surface area contributed by atoms with Gasteiger partial charge in [-0.2, -0.15) is 11.8 Å². The molecule has 0 aromatic carbocycles. The fraction of sp³-hybridized carbons (Fsp3) is 0.455. The summed E-state index contributed by atoms with van der Waals surface area (Å²) in [5.41, 5.74) is 0.850. The number of anilines is 1. The second-order valence-electron chi connectivity index (χ2n) is 3.43. The molecule has 1 aromatic rings. The molecule has 1 aromatic heterocycles. The van der Waals surface area contributed by atoms with E-state index in [1.54, 1.807) is 6.20 Å². The summed E-state index contributed by atoms with van der Waals surface area (Å²) >= 11 is 1.82. The van der Waals surface area contributed by atoms with Crippen molar-refractivity contribution in [1.29, 1.82) is 0 Å². The fourth-order valence-corrected chi connectivity index (χ4v) is 1.97. The van der Waals surface area contributed by atoms with Gasteiger partial charge in [-0.1, -0.05) is 6.92 Å². The van der Waals surface area contributed by atoms with Crippen LogP contribution in [0.5, 0.6) is 0 Å². The Kier molecular flexibility index (Phi) is 5.11. The van der Waals surface area contributed by atoms with Gasteiger partial charge in [0, 0.05) is 18.0 Å². The number of pyridine rings is 1. The van der Waals surface area contributed by atoms with Crippen LogP contribution in [0.25, 0.3) is 0 Å². The fourth-order valence-electron chi connectivity index (χ4n) is 1.30. The van der Waals surface area contributed by atoms with Gasteiger partial charge in [-0.25, -0.2) is 4.79 Å². The lowest BCUT2D eigenvalue weighted by Gasteiger charge is -2.15. The van der Waals surface area contributed by atoms with Gasteiger partial charge in [0.15, 0.2) is 0 Å². The van der Waals surface area contributed by atoms with Crippen LogP contribution in [0.4, 0.5) is 5.69 Å². The van der Waals surface area contributed by atoms with E-state index in [4.69, 9.17) is 5.11 Å². The molecule has 0 spiro atoms. The maximum atomic E-state index is 10.9. The maximum absolute atomic E-state index is 10.9. The first-order valence-corrected chi connectivity index (χ1v) is 6.32. The van der Waals surface area contributed by atoms with Gasteiger partial charge >= 0.3 is 5.97 Å². The molecule has 0 saturated carbocycles. The number of carboxylic acid groups (broad SMARTS) is 1. The third-order valence-corrected chi connectivity index (χ3v) is 3.17. The molecule has 0 radical (unpaired) electrons. The lowest BCUT2D eigenvalue weighted by Crippen LogP contribution is -2.20. The topological polar surface area (TPSA) is 62.2 Å². The Balaban J connectivity index is 2.69. The summed E-state index contributed by atoms with van der Waals surface area (Å²) in [6, 6.07) is 1.73. The molecule has 0 bridgehead atoms. The Morgan fingerprint density at radius 2 is 2.44 bits per heavy atom. The number of aromatic nitrogens is 1. The molecule has 5 heteroatoms. The first kappa shape index (κ1) is 12.8. The SMILES string of the molecule is CCSCC(C)Nc1cnccc1C(=O)O. The normalized spacial score (nSPS) is 12.1. The lowest BCUT2D eigenvalue weighted by atomic mass is 10.2. The highest BCUT2D eigenvalue weighted by Crippen LogP contribution is 2.15. The van der Waals surface area contributed by atoms with Crippen molar-refractivity contribution in [3.8, 4) is 0 Å². The highest BCUT2D eigenvalue weighted by Gasteiger charge is 2.11. The number of nitrogens with zero attached hydrogens (tertiary/aromatic N) is 1. The van der Waals surface area contributed by atoms with Crippen LogP contribution in [0, 0.1) is 0 Å². The zero-order valence-electron chi connectivity index (χ0n) is 9.43. The number of thioether (sulfide) groups is 1. The molecule has 1 heterocycles. The molecule has 0 fully saturated rings. The van der Waals surface area contributed by atoms with Gasteiger partial charge in [0.05, 0.1) is 17.4 Å². The van der Waals surface area contributed by atoms with E-state index < -0.39 is 5.97 Å². The molecular formula is C11H16N2O2S. The Morgan fingerprint density at radius 3 is 3.06 bits per heavy atom. The average molecular weight is 240 g/mol. The van der Waals surface area contributed by atoms with Crippen molar-refractivity contribution in [2.24, 2.45) is 0 Å². The number of nitrogens with one attached hydrogen (secondary N) is 1. The zero-order chi connectivity index (χ0) is 12.0.